The van der Waals surface area contributed by atoms with Crippen molar-refractivity contribution in [2.24, 2.45) is 0 Å². The predicted octanol–water partition coefficient (Wildman–Crippen LogP) is 3.82. The molecule has 0 amide bonds. The second-order valence-corrected chi connectivity index (χ2v) is 4.74. The number of hydrogen-bond donors (Lipinski definition) is 1. The second-order valence-electron chi connectivity index (χ2n) is 4.74. The van der Waals surface area contributed by atoms with Crippen molar-refractivity contribution in [1.82, 2.24) is 10.2 Å². The number of halogens is 6. The third-order valence-corrected chi connectivity index (χ3v) is 3.36. The molecule has 1 heterocycles. The van der Waals surface area contributed by atoms with Crippen molar-refractivity contribution >= 4 is 24.8 Å². The molecule has 0 aromatic heterocycles. The van der Waals surface area contributed by atoms with Crippen molar-refractivity contribution < 1.29 is 17.6 Å². The number of piperazine rings is 1. The van der Waals surface area contributed by atoms with E-state index in [2.05, 4.69) is 11.9 Å². The molecule has 8 heteroatoms. The average Bonchev–Trinajstić information content (AvgIpc) is 2.39. The molecule has 1 N–H and O–H groups in total. The van der Waals surface area contributed by atoms with Crippen LogP contribution >= 0.6 is 24.8 Å². The van der Waals surface area contributed by atoms with Crippen LogP contribution in [0, 0.1) is 5.82 Å². The lowest BCUT2D eigenvalue weighted by molar-refractivity contribution is -0.137. The molecule has 0 saturated carbocycles. The summed E-state index contributed by atoms with van der Waals surface area (Å²) in [6, 6.07) is 2.25. The molecule has 1 aromatic rings. The van der Waals surface area contributed by atoms with E-state index in [0.29, 0.717) is 19.2 Å². The van der Waals surface area contributed by atoms with Crippen molar-refractivity contribution in [3.8, 4) is 0 Å². The molecule has 0 bridgehead atoms. The van der Waals surface area contributed by atoms with Crippen LogP contribution in [0.3, 0.4) is 0 Å². The summed E-state index contributed by atoms with van der Waals surface area (Å²) in [6.07, 6.45) is -2.99. The van der Waals surface area contributed by atoms with Gasteiger partial charge in [0, 0.05) is 26.2 Å². The maximum atomic E-state index is 13.5. The lowest BCUT2D eigenvalue weighted by atomic mass is 10.0. The average molecular weight is 361 g/mol. The minimum absolute atomic E-state index is 0. The van der Waals surface area contributed by atoms with E-state index >= 15 is 0 Å². The fourth-order valence-electron chi connectivity index (χ4n) is 2.40. The minimum Gasteiger partial charge on any atom is -0.314 e. The highest BCUT2D eigenvalue weighted by molar-refractivity contribution is 5.85. The van der Waals surface area contributed by atoms with Gasteiger partial charge in [-0.1, -0.05) is 6.08 Å². The molecule has 0 spiro atoms. The lowest BCUT2D eigenvalue weighted by Crippen LogP contribution is -2.44. The summed E-state index contributed by atoms with van der Waals surface area (Å²) < 4.78 is 51.7. The fourth-order valence-corrected chi connectivity index (χ4v) is 2.40. The smallest absolute Gasteiger partial charge is 0.314 e. The molecule has 0 radical (unpaired) electrons. The highest BCUT2D eigenvalue weighted by Crippen LogP contribution is 2.33. The molecular formula is C14H18Cl2F4N2. The van der Waals surface area contributed by atoms with Crippen molar-refractivity contribution in [2.75, 3.05) is 26.2 Å². The zero-order valence-electron chi connectivity index (χ0n) is 11.7. The summed E-state index contributed by atoms with van der Waals surface area (Å²) in [5.41, 5.74) is -0.677. The monoisotopic (exact) mass is 360 g/mol. The quantitative estimate of drug-likeness (QED) is 0.651. The Morgan fingerprint density at radius 3 is 2.23 bits per heavy atom. The van der Waals surface area contributed by atoms with Gasteiger partial charge < -0.3 is 5.32 Å². The topological polar surface area (TPSA) is 15.3 Å². The van der Waals surface area contributed by atoms with E-state index < -0.39 is 23.6 Å². The van der Waals surface area contributed by atoms with E-state index in [1.807, 2.05) is 4.90 Å². The van der Waals surface area contributed by atoms with Crippen molar-refractivity contribution in [2.45, 2.75) is 12.2 Å². The molecule has 1 aliphatic rings. The fraction of sp³-hybridized carbons (Fsp3) is 0.429. The summed E-state index contributed by atoms with van der Waals surface area (Å²) in [5.74, 6) is -0.878. The number of nitrogens with zero attached hydrogens (tertiary/aromatic N) is 1. The van der Waals surface area contributed by atoms with E-state index in [0.717, 1.165) is 25.2 Å². The second kappa shape index (κ2) is 8.72. The Morgan fingerprint density at radius 2 is 1.73 bits per heavy atom. The van der Waals surface area contributed by atoms with Gasteiger partial charge in [0.15, 0.2) is 0 Å². The Morgan fingerprint density at radius 1 is 1.14 bits per heavy atom. The van der Waals surface area contributed by atoms with Crippen LogP contribution in [0.1, 0.15) is 17.2 Å². The van der Waals surface area contributed by atoms with Crippen molar-refractivity contribution in [3.63, 3.8) is 0 Å². The molecule has 1 aliphatic heterocycles. The first-order valence-corrected chi connectivity index (χ1v) is 6.37. The molecule has 1 atom stereocenters. The maximum Gasteiger partial charge on any atom is 0.416 e. The first-order valence-electron chi connectivity index (χ1n) is 6.37. The summed E-state index contributed by atoms with van der Waals surface area (Å²) >= 11 is 0. The zero-order chi connectivity index (χ0) is 14.8. The van der Waals surface area contributed by atoms with Crippen LogP contribution in [0.5, 0.6) is 0 Å². The van der Waals surface area contributed by atoms with Gasteiger partial charge in [-0.05, 0) is 23.8 Å². The highest BCUT2D eigenvalue weighted by atomic mass is 35.5. The Bertz CT molecular complexity index is 488. The van der Waals surface area contributed by atoms with Crippen molar-refractivity contribution in [1.29, 1.82) is 0 Å². The first kappa shape index (κ1) is 21.2. The Labute approximate surface area is 139 Å². The third-order valence-electron chi connectivity index (χ3n) is 3.36. The molecule has 1 aromatic carbocycles. The summed E-state index contributed by atoms with van der Waals surface area (Å²) in [4.78, 5) is 1.98. The molecule has 0 aliphatic carbocycles. The number of hydrogen-bond acceptors (Lipinski definition) is 2. The van der Waals surface area contributed by atoms with Crippen LogP contribution in [0.25, 0.3) is 0 Å². The van der Waals surface area contributed by atoms with Gasteiger partial charge in [0.1, 0.15) is 5.82 Å². The standard InChI is InChI=1S/C14H16F4N2.2ClH/c1-2-13(20-5-3-19-4-6-20)10-7-11(14(16,17)18)9-12(15)8-10;;/h2,7-9,13,19H,1,3-6H2;2*1H/t13-;;/m0../s1. The zero-order valence-corrected chi connectivity index (χ0v) is 13.3. The predicted molar refractivity (Wildman–Crippen MR) is 83.3 cm³/mol. The molecule has 126 valence electrons. The van der Waals surface area contributed by atoms with Crippen LogP contribution < -0.4 is 5.32 Å². The van der Waals surface area contributed by atoms with E-state index in [1.165, 1.54) is 0 Å². The normalized spacial score (nSPS) is 17.1. The minimum atomic E-state index is -4.55. The van der Waals surface area contributed by atoms with Gasteiger partial charge in [-0.15, -0.1) is 31.4 Å². The molecule has 1 saturated heterocycles. The Kier molecular flexibility index (Phi) is 8.39. The number of benzene rings is 1. The SMILES string of the molecule is C=C[C@@H](c1cc(F)cc(C(F)(F)F)c1)N1CCNCC1.Cl.Cl. The highest BCUT2D eigenvalue weighted by Gasteiger charge is 2.32. The molecule has 1 fully saturated rings. The summed E-state index contributed by atoms with van der Waals surface area (Å²) in [7, 11) is 0. The van der Waals surface area contributed by atoms with Crippen LogP contribution in [0.2, 0.25) is 0 Å². The van der Waals surface area contributed by atoms with Gasteiger partial charge in [0.25, 0.3) is 0 Å². The van der Waals surface area contributed by atoms with Crippen molar-refractivity contribution in [3.05, 3.63) is 47.8 Å². The molecule has 22 heavy (non-hydrogen) atoms. The van der Waals surface area contributed by atoms with E-state index in [4.69, 9.17) is 0 Å². The number of rotatable bonds is 3. The number of nitrogens with one attached hydrogen (secondary N) is 1. The van der Waals surface area contributed by atoms with Gasteiger partial charge >= 0.3 is 6.18 Å². The van der Waals surface area contributed by atoms with E-state index in [1.54, 1.807) is 6.08 Å². The lowest BCUT2D eigenvalue weighted by Gasteiger charge is -2.33. The van der Waals surface area contributed by atoms with Crippen LogP contribution in [0.4, 0.5) is 17.6 Å². The summed E-state index contributed by atoms with van der Waals surface area (Å²) in [5, 5.41) is 3.16. The van der Waals surface area contributed by atoms with Gasteiger partial charge in [0.2, 0.25) is 0 Å². The van der Waals surface area contributed by atoms with E-state index in [9.17, 15) is 17.6 Å². The van der Waals surface area contributed by atoms with Crippen LogP contribution in [0.15, 0.2) is 30.9 Å². The summed E-state index contributed by atoms with van der Waals surface area (Å²) in [6.45, 7) is 6.56. The van der Waals surface area contributed by atoms with Gasteiger partial charge in [-0.3, -0.25) is 4.90 Å². The van der Waals surface area contributed by atoms with E-state index in [-0.39, 0.29) is 30.4 Å². The van der Waals surface area contributed by atoms with Gasteiger partial charge in [-0.2, -0.15) is 13.2 Å². The van der Waals surface area contributed by atoms with Crippen LogP contribution in [-0.2, 0) is 6.18 Å². The largest absolute Gasteiger partial charge is 0.416 e. The third kappa shape index (κ3) is 5.12. The van der Waals surface area contributed by atoms with Gasteiger partial charge in [-0.25, -0.2) is 4.39 Å². The number of alkyl halides is 3. The Hall–Kier alpha value is -0.820. The maximum absolute atomic E-state index is 13.5. The molecule has 0 unspecified atom stereocenters. The molecular weight excluding hydrogens is 343 g/mol. The Balaban J connectivity index is 0.00000220. The molecule has 2 nitrogen and oxygen atoms in total. The van der Waals surface area contributed by atoms with Crippen LogP contribution in [-0.4, -0.2) is 31.1 Å². The molecule has 2 rings (SSSR count). The van der Waals surface area contributed by atoms with Gasteiger partial charge in [0.05, 0.1) is 11.6 Å². The first-order chi connectivity index (χ1) is 9.41.